The number of benzene rings is 1. The predicted octanol–water partition coefficient (Wildman–Crippen LogP) is 3.43. The van der Waals surface area contributed by atoms with Crippen LogP contribution in [0.5, 0.6) is 0 Å². The van der Waals surface area contributed by atoms with Crippen molar-refractivity contribution in [3.05, 3.63) is 60.7 Å². The molecule has 2 aromatic rings. The van der Waals surface area contributed by atoms with Gasteiger partial charge in [-0.15, -0.1) is 0 Å². The maximum atomic E-state index is 11.4. The van der Waals surface area contributed by atoms with E-state index in [0.717, 1.165) is 5.56 Å². The molecule has 88 valence electrons. The summed E-state index contributed by atoms with van der Waals surface area (Å²) in [6.45, 7) is 0. The quantitative estimate of drug-likeness (QED) is 0.915. The van der Waals surface area contributed by atoms with Crippen LogP contribution in [-0.4, -0.2) is 9.97 Å². The van der Waals surface area contributed by atoms with Gasteiger partial charge in [-0.05, 0) is 33.6 Å². The van der Waals surface area contributed by atoms with Gasteiger partial charge < -0.3 is 4.98 Å². The Bertz CT molecular complexity index is 592. The van der Waals surface area contributed by atoms with Crippen molar-refractivity contribution in [1.29, 1.82) is 0 Å². The molecule has 0 aliphatic rings. The first-order valence-corrected chi connectivity index (χ1v) is 6.29. The number of halogens is 3. The molecule has 3 nitrogen and oxygen atoms in total. The fourth-order valence-corrected chi connectivity index (χ4v) is 2.11. The summed E-state index contributed by atoms with van der Waals surface area (Å²) in [5.74, 6) is 0.521. The zero-order valence-electron chi connectivity index (χ0n) is 8.51. The van der Waals surface area contributed by atoms with Crippen LogP contribution in [-0.2, 0) is 6.42 Å². The van der Waals surface area contributed by atoms with Gasteiger partial charge in [-0.25, -0.2) is 4.98 Å². The number of nitrogens with zero attached hydrogens (tertiary/aromatic N) is 1. The Morgan fingerprint density at radius 1 is 1.29 bits per heavy atom. The molecule has 0 saturated carbocycles. The second-order valence-electron chi connectivity index (χ2n) is 3.38. The maximum absolute atomic E-state index is 11.4. The predicted molar refractivity (Wildman–Crippen MR) is 71.8 cm³/mol. The summed E-state index contributed by atoms with van der Waals surface area (Å²) in [5.41, 5.74) is 0.527. The standard InChI is InChI=1S/C11H7BrCl2N2O/c12-7-5-15-10(16-11(7)17)4-6-8(13)2-1-3-9(6)14/h1-3,5H,4H2,(H,15,16,17). The largest absolute Gasteiger partial charge is 0.309 e. The van der Waals surface area contributed by atoms with Crippen LogP contribution in [0.1, 0.15) is 11.4 Å². The third-order valence-electron chi connectivity index (χ3n) is 2.21. The van der Waals surface area contributed by atoms with Gasteiger partial charge in [0.1, 0.15) is 10.3 Å². The third-order valence-corrected chi connectivity index (χ3v) is 3.49. The van der Waals surface area contributed by atoms with E-state index >= 15 is 0 Å². The van der Waals surface area contributed by atoms with E-state index in [1.54, 1.807) is 18.2 Å². The molecule has 0 fully saturated rings. The zero-order valence-corrected chi connectivity index (χ0v) is 11.6. The summed E-state index contributed by atoms with van der Waals surface area (Å²) in [6, 6.07) is 5.27. The lowest BCUT2D eigenvalue weighted by atomic mass is 10.1. The summed E-state index contributed by atoms with van der Waals surface area (Å²) in [7, 11) is 0. The molecule has 1 N–H and O–H groups in total. The van der Waals surface area contributed by atoms with Gasteiger partial charge in [0.05, 0.1) is 0 Å². The molecule has 1 aromatic carbocycles. The lowest BCUT2D eigenvalue weighted by Gasteiger charge is -2.06. The number of H-pyrrole nitrogens is 1. The van der Waals surface area contributed by atoms with Crippen LogP contribution in [0.25, 0.3) is 0 Å². The van der Waals surface area contributed by atoms with Crippen molar-refractivity contribution < 1.29 is 0 Å². The van der Waals surface area contributed by atoms with Crippen LogP contribution in [0.4, 0.5) is 0 Å². The Hall–Kier alpha value is -0.840. The van der Waals surface area contributed by atoms with Gasteiger partial charge in [0.25, 0.3) is 5.56 Å². The van der Waals surface area contributed by atoms with Crippen molar-refractivity contribution in [3.63, 3.8) is 0 Å². The summed E-state index contributed by atoms with van der Waals surface area (Å²) in [4.78, 5) is 18.1. The molecule has 0 unspecified atom stereocenters. The molecular formula is C11H7BrCl2N2O. The second-order valence-corrected chi connectivity index (χ2v) is 5.05. The van der Waals surface area contributed by atoms with E-state index in [9.17, 15) is 4.79 Å². The first-order valence-electron chi connectivity index (χ1n) is 4.74. The summed E-state index contributed by atoms with van der Waals surface area (Å²) in [6.07, 6.45) is 1.85. The van der Waals surface area contributed by atoms with Crippen LogP contribution in [0, 0.1) is 0 Å². The van der Waals surface area contributed by atoms with Crippen molar-refractivity contribution in [2.75, 3.05) is 0 Å². The molecule has 17 heavy (non-hydrogen) atoms. The molecule has 0 aliphatic heterocycles. The number of aromatic amines is 1. The zero-order chi connectivity index (χ0) is 12.4. The Morgan fingerprint density at radius 2 is 1.94 bits per heavy atom. The highest BCUT2D eigenvalue weighted by Crippen LogP contribution is 2.25. The highest BCUT2D eigenvalue weighted by atomic mass is 79.9. The van der Waals surface area contributed by atoms with Gasteiger partial charge >= 0.3 is 0 Å². The molecule has 0 aliphatic carbocycles. The molecule has 0 saturated heterocycles. The van der Waals surface area contributed by atoms with Crippen molar-refractivity contribution in [1.82, 2.24) is 9.97 Å². The van der Waals surface area contributed by atoms with Gasteiger partial charge in [-0.3, -0.25) is 4.79 Å². The highest BCUT2D eigenvalue weighted by molar-refractivity contribution is 9.10. The fraction of sp³-hybridized carbons (Fsp3) is 0.0909. The first-order chi connectivity index (χ1) is 8.08. The molecular weight excluding hydrogens is 327 g/mol. The smallest absolute Gasteiger partial charge is 0.265 e. The van der Waals surface area contributed by atoms with Gasteiger partial charge in [0.2, 0.25) is 0 Å². The number of hydrogen-bond acceptors (Lipinski definition) is 2. The van der Waals surface area contributed by atoms with Gasteiger partial charge in [0, 0.05) is 22.7 Å². The lowest BCUT2D eigenvalue weighted by molar-refractivity contribution is 0.938. The SMILES string of the molecule is O=c1[nH]c(Cc2c(Cl)cccc2Cl)ncc1Br. The Morgan fingerprint density at radius 3 is 2.53 bits per heavy atom. The molecule has 6 heteroatoms. The second kappa shape index (κ2) is 5.21. The summed E-state index contributed by atoms with van der Waals surface area (Å²) >= 11 is 15.2. The van der Waals surface area contributed by atoms with E-state index in [1.165, 1.54) is 6.20 Å². The van der Waals surface area contributed by atoms with Crippen LogP contribution in [0.2, 0.25) is 10.0 Å². The fourth-order valence-electron chi connectivity index (χ4n) is 1.37. The molecule has 0 radical (unpaired) electrons. The van der Waals surface area contributed by atoms with Gasteiger partial charge in [-0.1, -0.05) is 29.3 Å². The average molecular weight is 334 g/mol. The lowest BCUT2D eigenvalue weighted by Crippen LogP contribution is -2.12. The van der Waals surface area contributed by atoms with E-state index in [-0.39, 0.29) is 5.56 Å². The van der Waals surface area contributed by atoms with Crippen LogP contribution in [0.15, 0.2) is 33.7 Å². The van der Waals surface area contributed by atoms with E-state index in [0.29, 0.717) is 26.8 Å². The number of hydrogen-bond donors (Lipinski definition) is 1. The van der Waals surface area contributed by atoms with Crippen molar-refractivity contribution in [2.24, 2.45) is 0 Å². The third kappa shape index (κ3) is 2.89. The van der Waals surface area contributed by atoms with Crippen molar-refractivity contribution >= 4 is 39.1 Å². The van der Waals surface area contributed by atoms with E-state index in [2.05, 4.69) is 25.9 Å². The van der Waals surface area contributed by atoms with Crippen LogP contribution in [0.3, 0.4) is 0 Å². The van der Waals surface area contributed by atoms with E-state index < -0.39 is 0 Å². The highest BCUT2D eigenvalue weighted by Gasteiger charge is 2.08. The summed E-state index contributed by atoms with van der Waals surface area (Å²) < 4.78 is 0.395. The molecule has 0 amide bonds. The molecule has 1 aromatic heterocycles. The molecule has 0 bridgehead atoms. The normalized spacial score (nSPS) is 10.5. The van der Waals surface area contributed by atoms with Crippen LogP contribution < -0.4 is 5.56 Å². The number of rotatable bonds is 2. The molecule has 2 rings (SSSR count). The minimum absolute atomic E-state index is 0.224. The Labute approximate surface area is 116 Å². The van der Waals surface area contributed by atoms with E-state index in [4.69, 9.17) is 23.2 Å². The Balaban J connectivity index is 2.38. The molecule has 0 spiro atoms. The first kappa shape index (κ1) is 12.6. The topological polar surface area (TPSA) is 45.8 Å². The number of aromatic nitrogens is 2. The van der Waals surface area contributed by atoms with Crippen LogP contribution >= 0.6 is 39.1 Å². The van der Waals surface area contributed by atoms with Gasteiger partial charge in [0.15, 0.2) is 0 Å². The monoisotopic (exact) mass is 332 g/mol. The van der Waals surface area contributed by atoms with E-state index in [1.807, 2.05) is 0 Å². The summed E-state index contributed by atoms with van der Waals surface area (Å²) in [5, 5.41) is 1.12. The molecule has 0 atom stereocenters. The van der Waals surface area contributed by atoms with Crippen molar-refractivity contribution in [2.45, 2.75) is 6.42 Å². The number of nitrogens with one attached hydrogen (secondary N) is 1. The minimum Gasteiger partial charge on any atom is -0.309 e. The maximum Gasteiger partial charge on any atom is 0.265 e. The Kier molecular flexibility index (Phi) is 3.86. The molecule has 1 heterocycles. The minimum atomic E-state index is -0.224. The van der Waals surface area contributed by atoms with Gasteiger partial charge in [-0.2, -0.15) is 0 Å². The average Bonchev–Trinajstić information content (AvgIpc) is 2.28. The van der Waals surface area contributed by atoms with Crippen molar-refractivity contribution in [3.8, 4) is 0 Å².